The number of nitrogens with zero attached hydrogens (tertiary/aromatic N) is 1. The molecule has 1 saturated carbocycles. The first-order valence-electron chi connectivity index (χ1n) is 6.54. The summed E-state index contributed by atoms with van der Waals surface area (Å²) in [7, 11) is 0. The zero-order valence-corrected chi connectivity index (χ0v) is 11.2. The van der Waals surface area contributed by atoms with Gasteiger partial charge in [0.05, 0.1) is 5.92 Å². The molecular weight excluding hydrogens is 252 g/mol. The Morgan fingerprint density at radius 3 is 2.50 bits per heavy atom. The Kier molecular flexibility index (Phi) is 4.74. The first kappa shape index (κ1) is 13.5. The standard InChI is InChI=1S/C12H20N2O3S/c15-11(16)9-3-1-2-4-10(9)13-12(17)14-5-7-18-8-6-14/h9-10H,1-8H2,(H,13,17)(H,15,16). The molecule has 5 nitrogen and oxygen atoms in total. The monoisotopic (exact) mass is 272 g/mol. The molecule has 0 bridgehead atoms. The van der Waals surface area contributed by atoms with Gasteiger partial charge in [0.15, 0.2) is 0 Å². The fourth-order valence-corrected chi connectivity index (χ4v) is 3.52. The van der Waals surface area contributed by atoms with E-state index in [2.05, 4.69) is 5.32 Å². The van der Waals surface area contributed by atoms with E-state index in [1.165, 1.54) is 0 Å². The van der Waals surface area contributed by atoms with Crippen LogP contribution in [0.15, 0.2) is 0 Å². The molecule has 2 fully saturated rings. The summed E-state index contributed by atoms with van der Waals surface area (Å²) >= 11 is 1.85. The van der Waals surface area contributed by atoms with Crippen LogP contribution in [0.4, 0.5) is 4.79 Å². The predicted molar refractivity (Wildman–Crippen MR) is 70.8 cm³/mol. The molecule has 0 aromatic rings. The van der Waals surface area contributed by atoms with Gasteiger partial charge < -0.3 is 15.3 Å². The lowest BCUT2D eigenvalue weighted by atomic mass is 9.84. The summed E-state index contributed by atoms with van der Waals surface area (Å²) in [6, 6.07) is -0.285. The van der Waals surface area contributed by atoms with Crippen molar-refractivity contribution in [3.8, 4) is 0 Å². The van der Waals surface area contributed by atoms with Crippen LogP contribution < -0.4 is 5.32 Å². The minimum atomic E-state index is -0.783. The second-order valence-electron chi connectivity index (χ2n) is 4.88. The van der Waals surface area contributed by atoms with Crippen LogP contribution in [-0.4, -0.2) is 52.6 Å². The van der Waals surface area contributed by atoms with Crippen molar-refractivity contribution in [2.45, 2.75) is 31.7 Å². The predicted octanol–water partition coefficient (Wildman–Crippen LogP) is 1.39. The molecule has 1 aliphatic heterocycles. The minimum absolute atomic E-state index is 0.0894. The molecule has 18 heavy (non-hydrogen) atoms. The molecule has 6 heteroatoms. The molecule has 0 spiro atoms. The summed E-state index contributed by atoms with van der Waals surface area (Å²) < 4.78 is 0. The van der Waals surface area contributed by atoms with Gasteiger partial charge in [0.2, 0.25) is 0 Å². The molecule has 1 saturated heterocycles. The number of thioether (sulfide) groups is 1. The second-order valence-corrected chi connectivity index (χ2v) is 6.11. The van der Waals surface area contributed by atoms with E-state index in [9.17, 15) is 9.59 Å². The number of carboxylic acid groups (broad SMARTS) is 1. The maximum atomic E-state index is 12.0. The Labute approximate surface area is 111 Å². The first-order valence-corrected chi connectivity index (χ1v) is 7.70. The Bertz CT molecular complexity index is 318. The Balaban J connectivity index is 1.89. The van der Waals surface area contributed by atoms with E-state index in [1.807, 2.05) is 11.8 Å². The maximum Gasteiger partial charge on any atom is 0.317 e. The van der Waals surface area contributed by atoms with Crippen molar-refractivity contribution in [2.24, 2.45) is 5.92 Å². The highest BCUT2D eigenvalue weighted by Gasteiger charge is 2.32. The zero-order valence-electron chi connectivity index (χ0n) is 10.4. The number of aliphatic carboxylic acids is 1. The molecule has 2 aliphatic rings. The summed E-state index contributed by atoms with van der Waals surface area (Å²) in [5.41, 5.74) is 0. The lowest BCUT2D eigenvalue weighted by Gasteiger charge is -2.33. The van der Waals surface area contributed by atoms with Gasteiger partial charge in [0.1, 0.15) is 0 Å². The van der Waals surface area contributed by atoms with Crippen LogP contribution in [0.5, 0.6) is 0 Å². The second kappa shape index (κ2) is 6.31. The van der Waals surface area contributed by atoms with Crippen LogP contribution in [0.1, 0.15) is 25.7 Å². The third-order valence-corrected chi connectivity index (χ3v) is 4.63. The fraction of sp³-hybridized carbons (Fsp3) is 0.833. The summed E-state index contributed by atoms with van der Waals surface area (Å²) in [6.45, 7) is 1.53. The zero-order chi connectivity index (χ0) is 13.0. The molecule has 102 valence electrons. The van der Waals surface area contributed by atoms with Crippen molar-refractivity contribution in [3.05, 3.63) is 0 Å². The van der Waals surface area contributed by atoms with Crippen LogP contribution in [-0.2, 0) is 4.79 Å². The van der Waals surface area contributed by atoms with E-state index in [4.69, 9.17) is 5.11 Å². The third kappa shape index (κ3) is 3.31. The van der Waals surface area contributed by atoms with E-state index in [1.54, 1.807) is 4.90 Å². The summed E-state index contributed by atoms with van der Waals surface area (Å²) in [4.78, 5) is 25.0. The average molecular weight is 272 g/mol. The van der Waals surface area contributed by atoms with E-state index >= 15 is 0 Å². The lowest BCUT2D eigenvalue weighted by molar-refractivity contribution is -0.143. The molecule has 0 radical (unpaired) electrons. The van der Waals surface area contributed by atoms with Gasteiger partial charge >= 0.3 is 12.0 Å². The maximum absolute atomic E-state index is 12.0. The quantitative estimate of drug-likeness (QED) is 0.797. The van der Waals surface area contributed by atoms with E-state index in [-0.39, 0.29) is 12.1 Å². The Hall–Kier alpha value is -0.910. The highest BCUT2D eigenvalue weighted by molar-refractivity contribution is 7.99. The molecule has 0 aromatic carbocycles. The summed E-state index contributed by atoms with van der Waals surface area (Å²) in [5, 5.41) is 12.1. The molecule has 2 amide bonds. The molecule has 1 aliphatic carbocycles. The molecule has 2 atom stereocenters. The van der Waals surface area contributed by atoms with Crippen molar-refractivity contribution in [3.63, 3.8) is 0 Å². The van der Waals surface area contributed by atoms with Gasteiger partial charge in [0.25, 0.3) is 0 Å². The van der Waals surface area contributed by atoms with Gasteiger partial charge in [-0.2, -0.15) is 11.8 Å². The largest absolute Gasteiger partial charge is 0.481 e. The smallest absolute Gasteiger partial charge is 0.317 e. The third-order valence-electron chi connectivity index (χ3n) is 3.69. The number of hydrogen-bond donors (Lipinski definition) is 2. The number of hydrogen-bond acceptors (Lipinski definition) is 3. The van der Waals surface area contributed by atoms with Gasteiger partial charge in [0, 0.05) is 30.6 Å². The number of carboxylic acids is 1. The highest BCUT2D eigenvalue weighted by Crippen LogP contribution is 2.25. The van der Waals surface area contributed by atoms with E-state index in [0.717, 1.165) is 43.9 Å². The normalized spacial score (nSPS) is 28.8. The molecule has 2 unspecified atom stereocenters. The Morgan fingerprint density at radius 1 is 1.17 bits per heavy atom. The van der Waals surface area contributed by atoms with Gasteiger partial charge in [-0.3, -0.25) is 4.79 Å². The number of nitrogens with one attached hydrogen (secondary N) is 1. The number of rotatable bonds is 2. The molecule has 1 heterocycles. The van der Waals surface area contributed by atoms with Gasteiger partial charge in [-0.1, -0.05) is 12.8 Å². The van der Waals surface area contributed by atoms with Crippen molar-refractivity contribution >= 4 is 23.8 Å². The van der Waals surface area contributed by atoms with Gasteiger partial charge in [-0.25, -0.2) is 4.79 Å². The molecule has 2 N–H and O–H groups in total. The van der Waals surface area contributed by atoms with Crippen LogP contribution in [0.3, 0.4) is 0 Å². The SMILES string of the molecule is O=C(O)C1CCCCC1NC(=O)N1CCSCC1. The van der Waals surface area contributed by atoms with Crippen molar-refractivity contribution in [2.75, 3.05) is 24.6 Å². The molecule has 2 rings (SSSR count). The summed E-state index contributed by atoms with van der Waals surface area (Å²) in [6.07, 6.45) is 3.41. The fourth-order valence-electron chi connectivity index (χ4n) is 2.62. The number of amides is 2. The van der Waals surface area contributed by atoms with Crippen molar-refractivity contribution in [1.82, 2.24) is 10.2 Å². The van der Waals surface area contributed by atoms with Crippen molar-refractivity contribution in [1.29, 1.82) is 0 Å². The van der Waals surface area contributed by atoms with E-state index in [0.29, 0.717) is 6.42 Å². The van der Waals surface area contributed by atoms with Gasteiger partial charge in [-0.05, 0) is 12.8 Å². The van der Waals surface area contributed by atoms with Gasteiger partial charge in [-0.15, -0.1) is 0 Å². The number of urea groups is 1. The minimum Gasteiger partial charge on any atom is -0.481 e. The summed E-state index contributed by atoms with van der Waals surface area (Å²) in [5.74, 6) is 0.747. The van der Waals surface area contributed by atoms with Crippen LogP contribution in [0, 0.1) is 5.92 Å². The van der Waals surface area contributed by atoms with E-state index < -0.39 is 11.9 Å². The lowest BCUT2D eigenvalue weighted by Crippen LogP contribution is -2.51. The molecular formula is C12H20N2O3S. The molecule has 0 aromatic heterocycles. The van der Waals surface area contributed by atoms with Crippen molar-refractivity contribution < 1.29 is 14.7 Å². The number of carbonyl (C=O) groups excluding carboxylic acids is 1. The number of carbonyl (C=O) groups is 2. The van der Waals surface area contributed by atoms with Crippen LogP contribution >= 0.6 is 11.8 Å². The average Bonchev–Trinajstić information content (AvgIpc) is 2.40. The van der Waals surface area contributed by atoms with Crippen LogP contribution in [0.25, 0.3) is 0 Å². The first-order chi connectivity index (χ1) is 8.68. The Morgan fingerprint density at radius 2 is 1.83 bits per heavy atom. The topological polar surface area (TPSA) is 69.6 Å². The van der Waals surface area contributed by atoms with Crippen LogP contribution in [0.2, 0.25) is 0 Å². The highest BCUT2D eigenvalue weighted by atomic mass is 32.2.